The minimum Gasteiger partial charge on any atom is -0.457 e. The number of benzene rings is 2. The van der Waals surface area contributed by atoms with Gasteiger partial charge in [0.15, 0.2) is 11.6 Å². The minimum atomic E-state index is -0.971. The van der Waals surface area contributed by atoms with Gasteiger partial charge in [0.2, 0.25) is 0 Å². The summed E-state index contributed by atoms with van der Waals surface area (Å²) in [6, 6.07) is 10.2. The monoisotopic (exact) mass is 346 g/mol. The van der Waals surface area contributed by atoms with Gasteiger partial charge in [-0.15, -0.1) is 0 Å². The summed E-state index contributed by atoms with van der Waals surface area (Å²) in [4.78, 5) is 14.4. The van der Waals surface area contributed by atoms with Crippen LogP contribution in [0.5, 0.6) is 11.5 Å². The molecule has 1 heterocycles. The molecular weight excluding hydrogens is 326 g/mol. The van der Waals surface area contributed by atoms with E-state index < -0.39 is 11.6 Å². The molecule has 2 aromatic rings. The van der Waals surface area contributed by atoms with E-state index in [1.165, 1.54) is 6.07 Å². The van der Waals surface area contributed by atoms with Crippen molar-refractivity contribution in [3.05, 3.63) is 59.7 Å². The number of hydrogen-bond donors (Lipinski definition) is 1. The Morgan fingerprint density at radius 3 is 2.44 bits per heavy atom. The van der Waals surface area contributed by atoms with E-state index in [-0.39, 0.29) is 23.7 Å². The summed E-state index contributed by atoms with van der Waals surface area (Å²) in [6.45, 7) is 2.64. The van der Waals surface area contributed by atoms with Gasteiger partial charge in [0.25, 0.3) is 5.91 Å². The van der Waals surface area contributed by atoms with Crippen LogP contribution in [0.2, 0.25) is 0 Å². The fourth-order valence-electron chi connectivity index (χ4n) is 3.02. The zero-order valence-corrected chi connectivity index (χ0v) is 13.9. The van der Waals surface area contributed by atoms with Crippen LogP contribution in [0.25, 0.3) is 0 Å². The van der Waals surface area contributed by atoms with Gasteiger partial charge in [0.05, 0.1) is 0 Å². The van der Waals surface area contributed by atoms with Crippen molar-refractivity contribution in [3.8, 4) is 11.5 Å². The number of rotatable bonds is 3. The van der Waals surface area contributed by atoms with Crippen molar-refractivity contribution in [1.29, 1.82) is 0 Å². The molecule has 0 aromatic heterocycles. The molecule has 2 N–H and O–H groups in total. The molecular formula is C19H20F2N2O2. The molecule has 1 saturated heterocycles. The van der Waals surface area contributed by atoms with E-state index in [9.17, 15) is 13.6 Å². The second-order valence-electron chi connectivity index (χ2n) is 6.33. The van der Waals surface area contributed by atoms with Gasteiger partial charge < -0.3 is 15.4 Å². The minimum absolute atomic E-state index is 0.0428. The predicted octanol–water partition coefficient (Wildman–Crippen LogP) is 3.71. The second-order valence-corrected chi connectivity index (χ2v) is 6.33. The van der Waals surface area contributed by atoms with Gasteiger partial charge >= 0.3 is 0 Å². The first-order valence-electron chi connectivity index (χ1n) is 8.23. The average Bonchev–Trinajstić information content (AvgIpc) is 2.58. The Morgan fingerprint density at radius 1 is 1.12 bits per heavy atom. The van der Waals surface area contributed by atoms with Gasteiger partial charge in [-0.3, -0.25) is 4.79 Å². The van der Waals surface area contributed by atoms with E-state index in [0.717, 1.165) is 25.0 Å². The Kier molecular flexibility index (Phi) is 4.99. The standard InChI is InChI=1S/C19H20F2N2O2/c1-12-10-14(22)8-9-23(12)19(24)13-2-4-15(5-3-13)25-16-6-7-17(20)18(21)11-16/h2-7,11-12,14H,8-10,22H2,1H3. The summed E-state index contributed by atoms with van der Waals surface area (Å²) in [6.07, 6.45) is 1.59. The lowest BCUT2D eigenvalue weighted by atomic mass is 9.98. The maximum atomic E-state index is 13.2. The lowest BCUT2D eigenvalue weighted by Crippen LogP contribution is -2.48. The Balaban J connectivity index is 1.69. The molecule has 1 amide bonds. The average molecular weight is 346 g/mol. The number of carbonyl (C=O) groups is 1. The van der Waals surface area contributed by atoms with Gasteiger partial charge in [-0.1, -0.05) is 0 Å². The zero-order valence-electron chi connectivity index (χ0n) is 13.9. The number of piperidine rings is 1. The largest absolute Gasteiger partial charge is 0.457 e. The number of nitrogens with zero attached hydrogens (tertiary/aromatic N) is 1. The summed E-state index contributed by atoms with van der Waals surface area (Å²) < 4.78 is 31.6. The first kappa shape index (κ1) is 17.4. The number of ether oxygens (including phenoxy) is 1. The SMILES string of the molecule is CC1CC(N)CCN1C(=O)c1ccc(Oc2ccc(F)c(F)c2)cc1. The van der Waals surface area contributed by atoms with E-state index >= 15 is 0 Å². The highest BCUT2D eigenvalue weighted by Crippen LogP contribution is 2.25. The summed E-state index contributed by atoms with van der Waals surface area (Å²) >= 11 is 0. The maximum Gasteiger partial charge on any atom is 0.254 e. The molecule has 0 spiro atoms. The summed E-state index contributed by atoms with van der Waals surface area (Å²) in [7, 11) is 0. The molecule has 4 nitrogen and oxygen atoms in total. The Labute approximate surface area is 145 Å². The Bertz CT molecular complexity index is 765. The van der Waals surface area contributed by atoms with Crippen molar-refractivity contribution in [2.75, 3.05) is 6.54 Å². The molecule has 6 heteroatoms. The molecule has 0 radical (unpaired) electrons. The summed E-state index contributed by atoms with van der Waals surface area (Å²) in [5.74, 6) is -1.31. The quantitative estimate of drug-likeness (QED) is 0.922. The van der Waals surface area contributed by atoms with Crippen molar-refractivity contribution < 1.29 is 18.3 Å². The predicted molar refractivity (Wildman–Crippen MR) is 90.6 cm³/mol. The third kappa shape index (κ3) is 3.96. The van der Waals surface area contributed by atoms with Gasteiger partial charge in [0, 0.05) is 30.3 Å². The van der Waals surface area contributed by atoms with E-state index in [4.69, 9.17) is 10.5 Å². The molecule has 3 rings (SSSR count). The van der Waals surface area contributed by atoms with E-state index in [1.54, 1.807) is 24.3 Å². The van der Waals surface area contributed by atoms with Crippen molar-refractivity contribution in [3.63, 3.8) is 0 Å². The van der Waals surface area contributed by atoms with Crippen LogP contribution in [0, 0.1) is 11.6 Å². The molecule has 1 fully saturated rings. The van der Waals surface area contributed by atoms with Gasteiger partial charge in [-0.05, 0) is 56.2 Å². The molecule has 0 bridgehead atoms. The molecule has 25 heavy (non-hydrogen) atoms. The maximum absolute atomic E-state index is 13.2. The van der Waals surface area contributed by atoms with E-state index in [1.807, 2.05) is 11.8 Å². The third-order valence-corrected chi connectivity index (χ3v) is 4.41. The second kappa shape index (κ2) is 7.19. The number of likely N-dealkylation sites (tertiary alicyclic amines) is 1. The highest BCUT2D eigenvalue weighted by Gasteiger charge is 2.27. The van der Waals surface area contributed by atoms with Crippen molar-refractivity contribution in [1.82, 2.24) is 4.90 Å². The highest BCUT2D eigenvalue weighted by atomic mass is 19.2. The number of carbonyl (C=O) groups excluding carboxylic acids is 1. The van der Waals surface area contributed by atoms with Crippen LogP contribution in [0.1, 0.15) is 30.1 Å². The lowest BCUT2D eigenvalue weighted by molar-refractivity contribution is 0.0619. The van der Waals surface area contributed by atoms with Gasteiger partial charge in [-0.2, -0.15) is 0 Å². The molecule has 2 atom stereocenters. The van der Waals surface area contributed by atoms with Crippen molar-refractivity contribution in [2.24, 2.45) is 5.73 Å². The molecule has 2 aromatic carbocycles. The lowest BCUT2D eigenvalue weighted by Gasteiger charge is -2.36. The fourth-order valence-corrected chi connectivity index (χ4v) is 3.02. The first-order chi connectivity index (χ1) is 11.9. The molecule has 1 aliphatic heterocycles. The smallest absolute Gasteiger partial charge is 0.254 e. The topological polar surface area (TPSA) is 55.6 Å². The molecule has 2 unspecified atom stereocenters. The van der Waals surface area contributed by atoms with Crippen LogP contribution in [0.4, 0.5) is 8.78 Å². The Morgan fingerprint density at radius 2 is 1.80 bits per heavy atom. The molecule has 0 aliphatic carbocycles. The van der Waals surface area contributed by atoms with Crippen LogP contribution in [-0.2, 0) is 0 Å². The van der Waals surface area contributed by atoms with E-state index in [2.05, 4.69) is 0 Å². The van der Waals surface area contributed by atoms with Crippen molar-refractivity contribution in [2.45, 2.75) is 31.8 Å². The van der Waals surface area contributed by atoms with Crippen LogP contribution >= 0.6 is 0 Å². The van der Waals surface area contributed by atoms with Gasteiger partial charge in [0.1, 0.15) is 11.5 Å². The Hall–Kier alpha value is -2.47. The number of hydrogen-bond acceptors (Lipinski definition) is 3. The molecule has 0 saturated carbocycles. The number of halogens is 2. The van der Waals surface area contributed by atoms with Crippen LogP contribution in [-0.4, -0.2) is 29.4 Å². The van der Waals surface area contributed by atoms with E-state index in [0.29, 0.717) is 17.9 Å². The fraction of sp³-hybridized carbons (Fsp3) is 0.316. The third-order valence-electron chi connectivity index (χ3n) is 4.41. The summed E-state index contributed by atoms with van der Waals surface area (Å²) in [5.41, 5.74) is 6.49. The van der Waals surface area contributed by atoms with Crippen LogP contribution < -0.4 is 10.5 Å². The van der Waals surface area contributed by atoms with Crippen LogP contribution in [0.15, 0.2) is 42.5 Å². The normalized spacial score (nSPS) is 20.4. The number of nitrogens with two attached hydrogens (primary N) is 1. The molecule has 1 aliphatic rings. The first-order valence-corrected chi connectivity index (χ1v) is 8.23. The zero-order chi connectivity index (χ0) is 18.0. The van der Waals surface area contributed by atoms with Crippen LogP contribution in [0.3, 0.4) is 0 Å². The summed E-state index contributed by atoms with van der Waals surface area (Å²) in [5, 5.41) is 0. The molecule has 132 valence electrons. The van der Waals surface area contributed by atoms with Gasteiger partial charge in [-0.25, -0.2) is 8.78 Å². The van der Waals surface area contributed by atoms with Crippen molar-refractivity contribution >= 4 is 5.91 Å². The highest BCUT2D eigenvalue weighted by molar-refractivity contribution is 5.94. The number of amides is 1.